The summed E-state index contributed by atoms with van der Waals surface area (Å²) in [5.74, 6) is 0.934. The van der Waals surface area contributed by atoms with E-state index in [1.54, 1.807) is 7.11 Å². The van der Waals surface area contributed by atoms with Gasteiger partial charge in [-0.25, -0.2) is 0 Å². The van der Waals surface area contributed by atoms with Gasteiger partial charge in [-0.15, -0.1) is 0 Å². The van der Waals surface area contributed by atoms with Gasteiger partial charge in [0.25, 0.3) is 0 Å². The molecule has 0 spiro atoms. The third kappa shape index (κ3) is 1.17. The molecule has 2 nitrogen and oxygen atoms in total. The maximum atomic E-state index is 5.29. The Balaban J connectivity index is 1.98. The summed E-state index contributed by atoms with van der Waals surface area (Å²) in [4.78, 5) is 0. The fourth-order valence-electron chi connectivity index (χ4n) is 2.85. The van der Waals surface area contributed by atoms with E-state index >= 15 is 0 Å². The monoisotopic (exact) mass is 235 g/mol. The maximum Gasteiger partial charge on any atom is 0.119 e. The van der Waals surface area contributed by atoms with E-state index in [2.05, 4.69) is 47.0 Å². The number of aromatic nitrogens is 1. The highest BCUT2D eigenvalue weighted by Gasteiger charge is 2.20. The van der Waals surface area contributed by atoms with Crippen LogP contribution in [0.3, 0.4) is 0 Å². The third-order valence-electron chi connectivity index (χ3n) is 3.73. The molecule has 0 fully saturated rings. The number of methoxy groups -OCH3 is 1. The molecule has 1 aromatic heterocycles. The van der Waals surface area contributed by atoms with Crippen LogP contribution in [0.1, 0.15) is 5.56 Å². The van der Waals surface area contributed by atoms with Crippen LogP contribution in [0.15, 0.2) is 48.5 Å². The molecule has 0 unspecified atom stereocenters. The molecule has 3 aromatic rings. The van der Waals surface area contributed by atoms with Gasteiger partial charge < -0.3 is 9.30 Å². The maximum absolute atomic E-state index is 5.29. The van der Waals surface area contributed by atoms with Crippen LogP contribution >= 0.6 is 0 Å². The Morgan fingerprint density at radius 1 is 1.06 bits per heavy atom. The zero-order valence-corrected chi connectivity index (χ0v) is 10.2. The van der Waals surface area contributed by atoms with E-state index in [0.29, 0.717) is 0 Å². The Hall–Kier alpha value is -2.22. The van der Waals surface area contributed by atoms with Gasteiger partial charge in [-0.1, -0.05) is 18.2 Å². The summed E-state index contributed by atoms with van der Waals surface area (Å²) in [5.41, 5.74) is 5.29. The Morgan fingerprint density at radius 2 is 1.94 bits per heavy atom. The Morgan fingerprint density at radius 3 is 2.83 bits per heavy atom. The molecule has 1 aliphatic heterocycles. The van der Waals surface area contributed by atoms with Crippen LogP contribution in [0.5, 0.6) is 5.75 Å². The summed E-state index contributed by atoms with van der Waals surface area (Å²) >= 11 is 0. The number of ether oxygens (including phenoxy) is 1. The Kier molecular flexibility index (Phi) is 1.84. The van der Waals surface area contributed by atoms with Crippen molar-refractivity contribution in [2.24, 2.45) is 0 Å². The largest absolute Gasteiger partial charge is 0.497 e. The standard InChI is InChI=1S/C16H13NO/c1-18-13-6-7-14-12(8-13)10-17-15-5-3-2-4-11(15)9-16(14)17/h2-9H,10H2,1H3. The second-order valence-corrected chi connectivity index (χ2v) is 4.70. The van der Waals surface area contributed by atoms with Gasteiger partial charge in [0.15, 0.2) is 0 Å². The van der Waals surface area contributed by atoms with Gasteiger partial charge in [0.2, 0.25) is 0 Å². The molecule has 0 atom stereocenters. The average Bonchev–Trinajstić information content (AvgIpc) is 2.93. The SMILES string of the molecule is COc1ccc2c(c1)Cn1c-2cc2ccccc21. The summed E-state index contributed by atoms with van der Waals surface area (Å²) in [7, 11) is 1.71. The van der Waals surface area contributed by atoms with Gasteiger partial charge in [0, 0.05) is 28.7 Å². The summed E-state index contributed by atoms with van der Waals surface area (Å²) < 4.78 is 7.67. The number of benzene rings is 2. The van der Waals surface area contributed by atoms with E-state index in [0.717, 1.165) is 12.3 Å². The molecule has 0 N–H and O–H groups in total. The van der Waals surface area contributed by atoms with Crippen molar-refractivity contribution >= 4 is 10.9 Å². The van der Waals surface area contributed by atoms with Crippen LogP contribution in [0.4, 0.5) is 0 Å². The van der Waals surface area contributed by atoms with Crippen molar-refractivity contribution in [2.45, 2.75) is 6.54 Å². The van der Waals surface area contributed by atoms with Crippen LogP contribution in [-0.2, 0) is 6.54 Å². The quantitative estimate of drug-likeness (QED) is 0.491. The van der Waals surface area contributed by atoms with E-state index < -0.39 is 0 Å². The third-order valence-corrected chi connectivity index (χ3v) is 3.73. The van der Waals surface area contributed by atoms with Gasteiger partial charge >= 0.3 is 0 Å². The molecular formula is C16H13NO. The number of para-hydroxylation sites is 1. The average molecular weight is 235 g/mol. The molecule has 88 valence electrons. The molecule has 0 radical (unpaired) electrons. The molecule has 2 heterocycles. The smallest absolute Gasteiger partial charge is 0.119 e. The van der Waals surface area contributed by atoms with Gasteiger partial charge in [0.05, 0.1) is 7.11 Å². The van der Waals surface area contributed by atoms with Crippen molar-refractivity contribution in [3.05, 3.63) is 54.1 Å². The molecular weight excluding hydrogens is 222 g/mol. The minimum atomic E-state index is 0.934. The van der Waals surface area contributed by atoms with Gasteiger partial charge in [-0.05, 0) is 35.9 Å². The molecule has 0 bridgehead atoms. The van der Waals surface area contributed by atoms with E-state index in [9.17, 15) is 0 Å². The summed E-state index contributed by atoms with van der Waals surface area (Å²) in [5, 5.41) is 1.31. The van der Waals surface area contributed by atoms with Gasteiger partial charge in [-0.2, -0.15) is 0 Å². The molecule has 0 saturated heterocycles. The Labute approximate surface area is 105 Å². The molecule has 4 rings (SSSR count). The predicted octanol–water partition coefficient (Wildman–Crippen LogP) is 3.68. The van der Waals surface area contributed by atoms with Crippen molar-refractivity contribution in [3.63, 3.8) is 0 Å². The molecule has 18 heavy (non-hydrogen) atoms. The fraction of sp³-hybridized carbons (Fsp3) is 0.125. The summed E-state index contributed by atoms with van der Waals surface area (Å²) in [6.45, 7) is 0.940. The topological polar surface area (TPSA) is 14.2 Å². The first kappa shape index (κ1) is 9.77. The summed E-state index contributed by atoms with van der Waals surface area (Å²) in [6, 6.07) is 17.1. The fourth-order valence-corrected chi connectivity index (χ4v) is 2.85. The lowest BCUT2D eigenvalue weighted by molar-refractivity contribution is 0.414. The highest BCUT2D eigenvalue weighted by atomic mass is 16.5. The lowest BCUT2D eigenvalue weighted by Gasteiger charge is -2.03. The Bertz CT molecular complexity index is 755. The lowest BCUT2D eigenvalue weighted by atomic mass is 10.1. The zero-order valence-electron chi connectivity index (χ0n) is 10.2. The number of hydrogen-bond acceptors (Lipinski definition) is 1. The number of rotatable bonds is 1. The second kappa shape index (κ2) is 3.39. The van der Waals surface area contributed by atoms with Crippen molar-refractivity contribution < 1.29 is 4.74 Å². The van der Waals surface area contributed by atoms with Crippen molar-refractivity contribution in [1.29, 1.82) is 0 Å². The number of nitrogens with zero attached hydrogens (tertiary/aromatic N) is 1. The summed E-state index contributed by atoms with van der Waals surface area (Å²) in [6.07, 6.45) is 0. The highest BCUT2D eigenvalue weighted by Crippen LogP contribution is 2.38. The van der Waals surface area contributed by atoms with Gasteiger partial charge in [-0.3, -0.25) is 0 Å². The van der Waals surface area contributed by atoms with Crippen LogP contribution in [-0.4, -0.2) is 11.7 Å². The molecule has 1 aliphatic rings. The molecule has 2 heteroatoms. The molecule has 0 amide bonds. The van der Waals surface area contributed by atoms with Gasteiger partial charge in [0.1, 0.15) is 5.75 Å². The minimum absolute atomic E-state index is 0.934. The van der Waals surface area contributed by atoms with E-state index in [4.69, 9.17) is 4.74 Å². The van der Waals surface area contributed by atoms with Crippen LogP contribution < -0.4 is 4.74 Å². The van der Waals surface area contributed by atoms with Crippen LogP contribution in [0.25, 0.3) is 22.2 Å². The zero-order chi connectivity index (χ0) is 12.1. The normalized spacial score (nSPS) is 12.5. The van der Waals surface area contributed by atoms with Crippen molar-refractivity contribution in [1.82, 2.24) is 4.57 Å². The number of hydrogen-bond donors (Lipinski definition) is 0. The van der Waals surface area contributed by atoms with E-state index in [1.165, 1.54) is 27.7 Å². The van der Waals surface area contributed by atoms with Crippen molar-refractivity contribution in [2.75, 3.05) is 7.11 Å². The first-order valence-electron chi connectivity index (χ1n) is 6.12. The lowest BCUT2D eigenvalue weighted by Crippen LogP contribution is -1.92. The number of fused-ring (bicyclic) bond motifs is 5. The van der Waals surface area contributed by atoms with Crippen LogP contribution in [0, 0.1) is 0 Å². The molecule has 0 aliphatic carbocycles. The van der Waals surface area contributed by atoms with Crippen LogP contribution in [0.2, 0.25) is 0 Å². The second-order valence-electron chi connectivity index (χ2n) is 4.70. The minimum Gasteiger partial charge on any atom is -0.497 e. The molecule has 0 saturated carbocycles. The highest BCUT2D eigenvalue weighted by molar-refractivity contribution is 5.89. The first-order valence-corrected chi connectivity index (χ1v) is 6.12. The first-order chi connectivity index (χ1) is 8.86. The predicted molar refractivity (Wildman–Crippen MR) is 73.0 cm³/mol. The van der Waals surface area contributed by atoms with E-state index in [-0.39, 0.29) is 0 Å². The van der Waals surface area contributed by atoms with Crippen molar-refractivity contribution in [3.8, 4) is 17.0 Å². The molecule has 2 aromatic carbocycles. The van der Waals surface area contributed by atoms with E-state index in [1.807, 2.05) is 6.07 Å².